The molecule has 0 N–H and O–H groups in total. The number of hydrogen-bond acceptors (Lipinski definition) is 1. The monoisotopic (exact) mass is 187 g/mol. The molecule has 0 fully saturated rings. The highest BCUT2D eigenvalue weighted by atomic mass is 16.1. The number of carbonyl (C=O) groups is 1. The van der Waals surface area contributed by atoms with Crippen LogP contribution in [0.2, 0.25) is 0 Å². The maximum Gasteiger partial charge on any atom is 0.227 e. The smallest absolute Gasteiger partial charge is 0.227 e. The minimum atomic E-state index is 0.0703. The minimum Gasteiger partial charge on any atom is -0.287 e. The maximum atomic E-state index is 11.4. The van der Waals surface area contributed by atoms with Crippen LogP contribution in [-0.4, -0.2) is 10.5 Å². The molecule has 2 rings (SSSR count). The second kappa shape index (κ2) is 3.29. The molecule has 0 atom stereocenters. The molecule has 2 heteroatoms. The molecule has 1 heterocycles. The van der Waals surface area contributed by atoms with Crippen LogP contribution in [0.3, 0.4) is 0 Å². The molecule has 0 aliphatic carbocycles. The third-order valence-corrected chi connectivity index (χ3v) is 2.51. The van der Waals surface area contributed by atoms with Crippen LogP contribution in [0.15, 0.2) is 30.5 Å². The lowest BCUT2D eigenvalue weighted by atomic mass is 10.1. The van der Waals surface area contributed by atoms with Gasteiger partial charge in [0.25, 0.3) is 0 Å². The van der Waals surface area contributed by atoms with Gasteiger partial charge in [0.05, 0.1) is 5.52 Å². The molecule has 1 aromatic heterocycles. The van der Waals surface area contributed by atoms with Crippen molar-refractivity contribution in [2.75, 3.05) is 0 Å². The number of para-hydroxylation sites is 1. The van der Waals surface area contributed by atoms with Crippen LogP contribution in [0.1, 0.15) is 24.2 Å². The molecule has 0 aliphatic rings. The Balaban J connectivity index is 2.80. The molecule has 0 radical (unpaired) electrons. The predicted octanol–water partition coefficient (Wildman–Crippen LogP) is 2.86. The van der Waals surface area contributed by atoms with E-state index in [1.54, 1.807) is 11.5 Å². The fraction of sp³-hybridized carbons (Fsp3) is 0.250. The summed E-state index contributed by atoms with van der Waals surface area (Å²) in [6, 6.07) is 8.01. The van der Waals surface area contributed by atoms with Crippen LogP contribution >= 0.6 is 0 Å². The van der Waals surface area contributed by atoms with Gasteiger partial charge in [-0.2, -0.15) is 0 Å². The summed E-state index contributed by atoms with van der Waals surface area (Å²) in [6.07, 6.45) is 2.90. The number of aromatic nitrogens is 1. The first-order chi connectivity index (χ1) is 6.74. The molecular weight excluding hydrogens is 174 g/mol. The molecule has 72 valence electrons. The van der Waals surface area contributed by atoms with Gasteiger partial charge in [0.2, 0.25) is 5.91 Å². The summed E-state index contributed by atoms with van der Waals surface area (Å²) >= 11 is 0. The van der Waals surface area contributed by atoms with E-state index in [1.165, 1.54) is 10.9 Å². The minimum absolute atomic E-state index is 0.0703. The number of aryl methyl sites for hydroxylation is 1. The van der Waals surface area contributed by atoms with E-state index in [0.29, 0.717) is 0 Å². The Bertz CT molecular complexity index is 482. The van der Waals surface area contributed by atoms with Crippen molar-refractivity contribution in [1.82, 2.24) is 4.57 Å². The van der Waals surface area contributed by atoms with Gasteiger partial charge in [0, 0.05) is 18.5 Å². The molecular formula is C12H13NO. The first-order valence-corrected chi connectivity index (χ1v) is 4.84. The summed E-state index contributed by atoms with van der Waals surface area (Å²) in [7, 11) is 0. The maximum absolute atomic E-state index is 11.4. The SMILES string of the molecule is CCc1cn(C(C)=O)c2ccccc12. The van der Waals surface area contributed by atoms with Crippen molar-refractivity contribution < 1.29 is 4.79 Å². The Labute approximate surface area is 83.2 Å². The van der Waals surface area contributed by atoms with E-state index >= 15 is 0 Å². The topological polar surface area (TPSA) is 22.0 Å². The zero-order valence-corrected chi connectivity index (χ0v) is 8.45. The van der Waals surface area contributed by atoms with Crippen molar-refractivity contribution in [3.05, 3.63) is 36.0 Å². The van der Waals surface area contributed by atoms with Gasteiger partial charge in [0.1, 0.15) is 0 Å². The molecule has 1 aromatic carbocycles. The highest BCUT2D eigenvalue weighted by Gasteiger charge is 2.08. The Morgan fingerprint density at radius 2 is 2.07 bits per heavy atom. The van der Waals surface area contributed by atoms with E-state index in [-0.39, 0.29) is 5.91 Å². The van der Waals surface area contributed by atoms with E-state index in [2.05, 4.69) is 13.0 Å². The van der Waals surface area contributed by atoms with Gasteiger partial charge in [0.15, 0.2) is 0 Å². The molecule has 0 unspecified atom stereocenters. The molecule has 0 bridgehead atoms. The van der Waals surface area contributed by atoms with E-state index in [1.807, 2.05) is 24.4 Å². The van der Waals surface area contributed by atoms with E-state index in [4.69, 9.17) is 0 Å². The van der Waals surface area contributed by atoms with Crippen LogP contribution in [0.5, 0.6) is 0 Å². The number of hydrogen-bond donors (Lipinski definition) is 0. The molecule has 2 nitrogen and oxygen atoms in total. The fourth-order valence-electron chi connectivity index (χ4n) is 1.79. The van der Waals surface area contributed by atoms with Gasteiger partial charge < -0.3 is 0 Å². The normalized spacial score (nSPS) is 10.7. The summed E-state index contributed by atoms with van der Waals surface area (Å²) in [6.45, 7) is 3.69. The number of carbonyl (C=O) groups excluding carboxylic acids is 1. The van der Waals surface area contributed by atoms with Crippen molar-refractivity contribution in [1.29, 1.82) is 0 Å². The Hall–Kier alpha value is -1.57. The summed E-state index contributed by atoms with van der Waals surface area (Å²) in [5.41, 5.74) is 2.24. The predicted molar refractivity (Wildman–Crippen MR) is 57.6 cm³/mol. The van der Waals surface area contributed by atoms with Crippen molar-refractivity contribution in [3.63, 3.8) is 0 Å². The number of nitrogens with zero attached hydrogens (tertiary/aromatic N) is 1. The van der Waals surface area contributed by atoms with Crippen molar-refractivity contribution in [2.24, 2.45) is 0 Å². The van der Waals surface area contributed by atoms with Crippen molar-refractivity contribution in [2.45, 2.75) is 20.3 Å². The van der Waals surface area contributed by atoms with Crippen molar-refractivity contribution in [3.8, 4) is 0 Å². The number of rotatable bonds is 1. The van der Waals surface area contributed by atoms with Gasteiger partial charge in [-0.15, -0.1) is 0 Å². The highest BCUT2D eigenvalue weighted by Crippen LogP contribution is 2.21. The first-order valence-electron chi connectivity index (χ1n) is 4.84. The molecule has 0 spiro atoms. The lowest BCUT2D eigenvalue weighted by Gasteiger charge is -1.97. The molecule has 2 aromatic rings. The van der Waals surface area contributed by atoms with Gasteiger partial charge in [-0.05, 0) is 18.1 Å². The van der Waals surface area contributed by atoms with Crippen LogP contribution in [0.4, 0.5) is 0 Å². The zero-order chi connectivity index (χ0) is 10.1. The lowest BCUT2D eigenvalue weighted by molar-refractivity contribution is 0.0941. The molecule has 14 heavy (non-hydrogen) atoms. The number of fused-ring (bicyclic) bond motifs is 1. The van der Waals surface area contributed by atoms with E-state index in [9.17, 15) is 4.79 Å². The van der Waals surface area contributed by atoms with E-state index in [0.717, 1.165) is 11.9 Å². The van der Waals surface area contributed by atoms with Crippen LogP contribution in [0.25, 0.3) is 10.9 Å². The third kappa shape index (κ3) is 1.23. The van der Waals surface area contributed by atoms with Gasteiger partial charge in [-0.1, -0.05) is 25.1 Å². The van der Waals surface area contributed by atoms with E-state index < -0.39 is 0 Å². The molecule has 0 saturated heterocycles. The van der Waals surface area contributed by atoms with Crippen molar-refractivity contribution >= 4 is 16.8 Å². The Morgan fingerprint density at radius 1 is 1.36 bits per heavy atom. The molecule has 0 saturated carbocycles. The second-order valence-electron chi connectivity index (χ2n) is 3.41. The Kier molecular flexibility index (Phi) is 2.12. The summed E-state index contributed by atoms with van der Waals surface area (Å²) < 4.78 is 1.72. The van der Waals surface area contributed by atoms with Crippen LogP contribution in [0, 0.1) is 0 Å². The summed E-state index contributed by atoms with van der Waals surface area (Å²) in [5.74, 6) is 0.0703. The largest absolute Gasteiger partial charge is 0.287 e. The second-order valence-corrected chi connectivity index (χ2v) is 3.41. The summed E-state index contributed by atoms with van der Waals surface area (Å²) in [4.78, 5) is 11.4. The van der Waals surface area contributed by atoms with Gasteiger partial charge in [-0.25, -0.2) is 0 Å². The quantitative estimate of drug-likeness (QED) is 0.672. The molecule has 0 aliphatic heterocycles. The average Bonchev–Trinajstić information content (AvgIpc) is 2.56. The van der Waals surface area contributed by atoms with Crippen LogP contribution < -0.4 is 0 Å². The summed E-state index contributed by atoms with van der Waals surface area (Å²) in [5, 5.41) is 1.19. The van der Waals surface area contributed by atoms with Crippen LogP contribution in [-0.2, 0) is 6.42 Å². The first kappa shape index (κ1) is 9.00. The average molecular weight is 187 g/mol. The Morgan fingerprint density at radius 3 is 2.71 bits per heavy atom. The zero-order valence-electron chi connectivity index (χ0n) is 8.45. The third-order valence-electron chi connectivity index (χ3n) is 2.51. The fourth-order valence-corrected chi connectivity index (χ4v) is 1.79. The highest BCUT2D eigenvalue weighted by molar-refractivity contribution is 5.93. The van der Waals surface area contributed by atoms with Gasteiger partial charge >= 0.3 is 0 Å². The lowest BCUT2D eigenvalue weighted by Crippen LogP contribution is -2.02. The standard InChI is InChI=1S/C12H13NO/c1-3-10-8-13(9(2)14)12-7-5-4-6-11(10)12/h4-8H,3H2,1-2H3. The number of benzene rings is 1. The molecule has 0 amide bonds. The van der Waals surface area contributed by atoms with Gasteiger partial charge in [-0.3, -0.25) is 9.36 Å².